The summed E-state index contributed by atoms with van der Waals surface area (Å²) in [6.07, 6.45) is 16.2. The molecule has 0 aromatic heterocycles. The largest absolute Gasteiger partial charge is 0.497 e. The maximum atomic E-state index is 10.6. The van der Waals surface area contributed by atoms with Gasteiger partial charge in [0.25, 0.3) is 0 Å². The predicted octanol–water partition coefficient (Wildman–Crippen LogP) is 7.64. The van der Waals surface area contributed by atoms with E-state index in [9.17, 15) is 4.79 Å². The van der Waals surface area contributed by atoms with Crippen LogP contribution in [0.5, 0.6) is 34.5 Å². The summed E-state index contributed by atoms with van der Waals surface area (Å²) < 4.78 is 47.6. The number of nitrogens with one attached hydrogen (secondary N) is 2. The van der Waals surface area contributed by atoms with Crippen LogP contribution >= 0.6 is 9.90 Å². The number of hydrogen-bond donors (Lipinski definition) is 3. The van der Waals surface area contributed by atoms with E-state index >= 15 is 0 Å². The third-order valence-electron chi connectivity index (χ3n) is 12.3. The SMILES string of the molecule is C.C#CC#CC#CC#CC#CC#CC#CC#CC#CC#CC#CC#CC#CC#CC#CC#CC#CC#CC#C.CC1CC(=O)CCO1.COc1ccc(CN)c(OC)c1.COc1ccc(CN[C@H]2CCO[C@@H](C)C2)c(OC)c1.COc1ccc(CN[C@H]2CCO[C@H](C)C2)c(OC)c1.P. The fourth-order valence-electron chi connectivity index (χ4n) is 7.82. The van der Waals surface area contributed by atoms with Crippen molar-refractivity contribution in [2.45, 2.75) is 117 Å². The number of ether oxygens (including phenoxy) is 9. The number of ketones is 1. The van der Waals surface area contributed by atoms with Gasteiger partial charge in [-0.1, -0.05) is 25.6 Å². The summed E-state index contributed by atoms with van der Waals surface area (Å²) in [6, 6.07) is 18.5. The van der Waals surface area contributed by atoms with E-state index in [-0.39, 0.29) is 23.4 Å². The number of terminal acetylenes is 2. The van der Waals surface area contributed by atoms with Crippen molar-refractivity contribution in [3.63, 3.8) is 0 Å². The zero-order chi connectivity index (χ0) is 69.7. The van der Waals surface area contributed by atoms with E-state index in [4.69, 9.17) is 61.2 Å². The number of hydrogen-bond acceptors (Lipinski definition) is 13. The van der Waals surface area contributed by atoms with Crippen molar-refractivity contribution in [1.82, 2.24) is 10.6 Å². The molecule has 3 heterocycles. The highest BCUT2D eigenvalue weighted by molar-refractivity contribution is 6.92. The molecule has 6 rings (SSSR count). The van der Waals surface area contributed by atoms with E-state index in [0.717, 1.165) is 103 Å². The lowest BCUT2D eigenvalue weighted by Gasteiger charge is -2.28. The summed E-state index contributed by atoms with van der Waals surface area (Å²) in [5, 5.41) is 7.16. The third kappa shape index (κ3) is 43.0. The fraction of sp³-hybridized carbons (Fsp3) is 0.321. The molecule has 0 bridgehead atoms. The normalized spacial score (nSPS) is 14.1. The summed E-state index contributed by atoms with van der Waals surface area (Å²) >= 11 is 0. The first-order chi connectivity index (χ1) is 47.0. The summed E-state index contributed by atoms with van der Waals surface area (Å²) in [7, 11) is 9.95. The average Bonchev–Trinajstić information content (AvgIpc) is 0.907. The van der Waals surface area contributed by atoms with Gasteiger partial charge in [-0.25, -0.2) is 0 Å². The second-order valence-electron chi connectivity index (χ2n) is 19.0. The van der Waals surface area contributed by atoms with Gasteiger partial charge in [0.15, 0.2) is 0 Å². The molecule has 0 amide bonds. The Morgan fingerprint density at radius 2 is 0.673 bits per heavy atom. The highest BCUT2D eigenvalue weighted by Gasteiger charge is 2.21. The molecule has 2 unspecified atom stereocenters. The van der Waals surface area contributed by atoms with Gasteiger partial charge >= 0.3 is 0 Å². The molecular weight excluding hydrogens is 1240 g/mol. The smallest absolute Gasteiger partial charge is 0.137 e. The van der Waals surface area contributed by atoms with E-state index in [1.54, 1.807) is 42.7 Å². The average molecular weight is 1320 g/mol. The third-order valence-corrected chi connectivity index (χ3v) is 12.3. The summed E-state index contributed by atoms with van der Waals surface area (Å²) in [6.45, 7) is 10.6. The Kier molecular flexibility index (Phi) is 51.5. The van der Waals surface area contributed by atoms with Gasteiger partial charge in [-0.15, -0.1) is 12.8 Å². The van der Waals surface area contributed by atoms with Crippen LogP contribution in [0.4, 0.5) is 0 Å². The highest BCUT2D eigenvalue weighted by Crippen LogP contribution is 2.27. The molecule has 13 nitrogen and oxygen atoms in total. The Balaban J connectivity index is 0.00000131. The van der Waals surface area contributed by atoms with Crippen molar-refractivity contribution in [2.75, 3.05) is 62.5 Å². The molecule has 494 valence electrons. The Bertz CT molecular complexity index is 4130. The minimum absolute atomic E-state index is 0. The van der Waals surface area contributed by atoms with Crippen LogP contribution in [0.25, 0.3) is 0 Å². The maximum absolute atomic E-state index is 10.6. The number of methoxy groups -OCH3 is 6. The Morgan fingerprint density at radius 1 is 0.408 bits per heavy atom. The van der Waals surface area contributed by atoms with Gasteiger partial charge in [0.2, 0.25) is 0 Å². The molecule has 3 saturated heterocycles. The monoisotopic (exact) mass is 1320 g/mol. The van der Waals surface area contributed by atoms with Crippen LogP contribution in [-0.2, 0) is 38.6 Å². The van der Waals surface area contributed by atoms with Crippen molar-refractivity contribution in [1.29, 1.82) is 0 Å². The molecule has 3 aliphatic rings. The molecule has 4 N–H and O–H groups in total. The second-order valence-corrected chi connectivity index (χ2v) is 19.0. The minimum Gasteiger partial charge on any atom is -0.497 e. The van der Waals surface area contributed by atoms with Crippen LogP contribution in [0.2, 0.25) is 0 Å². The highest BCUT2D eigenvalue weighted by atomic mass is 31.0. The summed E-state index contributed by atoms with van der Waals surface area (Å²) in [4.78, 5) is 10.6. The molecule has 3 aromatic carbocycles. The van der Waals surface area contributed by atoms with E-state index in [0.29, 0.717) is 56.1 Å². The van der Waals surface area contributed by atoms with Crippen LogP contribution < -0.4 is 44.8 Å². The van der Waals surface area contributed by atoms with Crippen molar-refractivity contribution in [3.05, 3.63) is 71.3 Å². The Morgan fingerprint density at radius 3 is 0.898 bits per heavy atom. The molecule has 14 heteroatoms. The molecule has 6 atom stereocenters. The number of nitrogens with two attached hydrogens (primary N) is 1. The number of carbonyl (C=O) groups excluding carboxylic acids is 1. The fourth-order valence-corrected chi connectivity index (χ4v) is 7.82. The topological polar surface area (TPSA) is 150 Å². The van der Waals surface area contributed by atoms with Crippen molar-refractivity contribution < 1.29 is 47.4 Å². The van der Waals surface area contributed by atoms with Crippen LogP contribution in [0.15, 0.2) is 54.6 Å². The van der Waals surface area contributed by atoms with Gasteiger partial charge in [0.1, 0.15) is 40.3 Å². The molecule has 0 aliphatic carbocycles. The number of Topliss-reactive ketones (excluding diaryl/α,β-unsaturated/α-hetero) is 1. The lowest BCUT2D eigenvalue weighted by Crippen LogP contribution is -2.37. The summed E-state index contributed by atoms with van der Waals surface area (Å²) in [5.74, 6) is 93.4. The lowest BCUT2D eigenvalue weighted by atomic mass is 10.0. The molecule has 3 fully saturated rings. The number of benzene rings is 3. The van der Waals surface area contributed by atoms with Crippen molar-refractivity contribution >= 4 is 15.7 Å². The second kappa shape index (κ2) is 58.8. The van der Waals surface area contributed by atoms with Gasteiger partial charge in [0, 0.05) is 211 Å². The van der Waals surface area contributed by atoms with E-state index in [1.807, 2.05) is 61.5 Å². The lowest BCUT2D eigenvalue weighted by molar-refractivity contribution is -0.127. The Labute approximate surface area is 587 Å². The maximum Gasteiger partial charge on any atom is 0.137 e. The zero-order valence-corrected chi connectivity index (χ0v) is 57.5. The van der Waals surface area contributed by atoms with Crippen LogP contribution in [-0.4, -0.2) is 98.7 Å². The van der Waals surface area contributed by atoms with E-state index in [1.165, 1.54) is 0 Å². The van der Waals surface area contributed by atoms with Crippen molar-refractivity contribution in [3.8, 4) is 260 Å². The van der Waals surface area contributed by atoms with Crippen LogP contribution in [0.3, 0.4) is 0 Å². The van der Waals surface area contributed by atoms with Crippen molar-refractivity contribution in [2.24, 2.45) is 5.73 Å². The molecular formula is C84H78N3O10P. The number of carbonyl (C=O) groups is 1. The van der Waals surface area contributed by atoms with Gasteiger partial charge < -0.3 is 59.0 Å². The van der Waals surface area contributed by atoms with Gasteiger partial charge in [-0.05, 0) is 159 Å². The standard InChI is InChI=1S/C38H2.2C15H23NO3.C9H13NO2.C6H10O2.CH4.H3P/c1-3-5-7-9-11-13-15-17-19-21-23-25-27-29-31-33-35-37-38-36-34-32-30-28-26-24-22-20-18-16-14-12-10-8-6-4-2;2*1-11-8-13(6-7-19-11)16-10-12-4-5-14(17-2)9-15(12)18-3;1-11-8-4-3-7(6-10)9(5-8)12-2;1-5-4-6(7)2-3-8-5;;/h1-2H;2*4-5,9,11,13,16H,6-8,10H2,1-3H3;3-5H,6,10H2,1-2H3;5H,2-4H2,1H3;1H4;1H3/t;11-,13+;11-,13-;;;;/m.10..../s1. The molecule has 3 aliphatic heterocycles. The molecule has 0 saturated carbocycles. The van der Waals surface area contributed by atoms with Crippen LogP contribution in [0, 0.1) is 226 Å². The molecule has 3 aromatic rings. The van der Waals surface area contributed by atoms with Crippen LogP contribution in [0.1, 0.15) is 83.4 Å². The van der Waals surface area contributed by atoms with E-state index < -0.39 is 0 Å². The first kappa shape index (κ1) is 86.0. The molecule has 0 spiro atoms. The van der Waals surface area contributed by atoms with Gasteiger partial charge in [-0.3, -0.25) is 4.79 Å². The molecule has 0 radical (unpaired) electrons. The Hall–Kier alpha value is -12.0. The van der Waals surface area contributed by atoms with Gasteiger partial charge in [-0.2, -0.15) is 9.90 Å². The van der Waals surface area contributed by atoms with E-state index in [2.05, 4.69) is 238 Å². The molecule has 98 heavy (non-hydrogen) atoms. The summed E-state index contributed by atoms with van der Waals surface area (Å²) in [5.41, 5.74) is 8.79. The quantitative estimate of drug-likeness (QED) is 0.114. The predicted molar refractivity (Wildman–Crippen MR) is 394 cm³/mol. The number of rotatable bonds is 13. The minimum atomic E-state index is 0. The van der Waals surface area contributed by atoms with Gasteiger partial charge in [0.05, 0.1) is 67.6 Å². The zero-order valence-electron chi connectivity index (χ0n) is 56.1. The first-order valence-electron chi connectivity index (χ1n) is 29.5. The first-order valence-corrected chi connectivity index (χ1v) is 29.5.